The van der Waals surface area contributed by atoms with Gasteiger partial charge in [-0.3, -0.25) is 9.59 Å². The van der Waals surface area contributed by atoms with E-state index in [1.54, 1.807) is 14.2 Å². The van der Waals surface area contributed by atoms with Gasteiger partial charge < -0.3 is 19.9 Å². The van der Waals surface area contributed by atoms with Crippen molar-refractivity contribution in [2.45, 2.75) is 44.2 Å². The van der Waals surface area contributed by atoms with Gasteiger partial charge in [-0.2, -0.15) is 0 Å². The lowest BCUT2D eigenvalue weighted by molar-refractivity contribution is -0.128. The highest BCUT2D eigenvalue weighted by molar-refractivity contribution is 6.08. The molecule has 2 amide bonds. The van der Waals surface area contributed by atoms with Gasteiger partial charge >= 0.3 is 0 Å². The summed E-state index contributed by atoms with van der Waals surface area (Å²) in [6, 6.07) is 7.83. The van der Waals surface area contributed by atoms with Crippen LogP contribution in [0.25, 0.3) is 10.9 Å². The number of benzene rings is 1. The minimum absolute atomic E-state index is 0.103. The first-order valence-electron chi connectivity index (χ1n) is 9.23. The molecule has 0 unspecified atom stereocenters. The monoisotopic (exact) mass is 357 g/mol. The van der Waals surface area contributed by atoms with E-state index in [9.17, 15) is 9.59 Å². The first kappa shape index (κ1) is 18.5. The Hall–Kier alpha value is -2.34. The molecular formula is C20H27N3O3. The van der Waals surface area contributed by atoms with Crippen LogP contribution in [-0.2, 0) is 16.1 Å². The topological polar surface area (TPSA) is 72.4 Å². The highest BCUT2D eigenvalue weighted by atomic mass is 16.5. The summed E-state index contributed by atoms with van der Waals surface area (Å²) >= 11 is 0. The molecule has 1 fully saturated rings. The molecular weight excluding hydrogens is 330 g/mol. The Morgan fingerprint density at radius 3 is 2.62 bits per heavy atom. The third-order valence-electron chi connectivity index (χ3n) is 5.29. The average molecular weight is 357 g/mol. The number of para-hydroxylation sites is 1. The lowest BCUT2D eigenvalue weighted by Gasteiger charge is -2.36. The molecule has 6 nitrogen and oxygen atoms in total. The maximum atomic E-state index is 13.1. The van der Waals surface area contributed by atoms with E-state index < -0.39 is 5.54 Å². The molecule has 26 heavy (non-hydrogen) atoms. The van der Waals surface area contributed by atoms with Crippen molar-refractivity contribution >= 4 is 22.7 Å². The zero-order chi connectivity index (χ0) is 18.6. The van der Waals surface area contributed by atoms with Gasteiger partial charge in [0.25, 0.3) is 5.91 Å². The Balaban J connectivity index is 1.92. The van der Waals surface area contributed by atoms with Gasteiger partial charge in [-0.1, -0.05) is 37.5 Å². The summed E-state index contributed by atoms with van der Waals surface area (Å²) in [5.41, 5.74) is 0.790. The second-order valence-corrected chi connectivity index (χ2v) is 6.92. The Labute approximate surface area is 153 Å². The van der Waals surface area contributed by atoms with Crippen LogP contribution in [0.1, 0.15) is 42.5 Å². The molecule has 1 aliphatic carbocycles. The van der Waals surface area contributed by atoms with Crippen LogP contribution in [0.15, 0.2) is 30.5 Å². The number of methoxy groups -OCH3 is 1. The molecule has 6 heteroatoms. The van der Waals surface area contributed by atoms with Crippen LogP contribution in [0.4, 0.5) is 0 Å². The van der Waals surface area contributed by atoms with Crippen molar-refractivity contribution in [1.82, 2.24) is 15.2 Å². The molecule has 3 rings (SSSR count). The molecule has 0 spiro atoms. The first-order chi connectivity index (χ1) is 12.6. The SMILES string of the molecule is CNC(=O)C1(NC(=O)c2cn(CCOC)c3ccccc23)CCCCC1. The molecule has 1 aromatic carbocycles. The number of carbonyl (C=O) groups excluding carboxylic acids is 2. The number of nitrogens with one attached hydrogen (secondary N) is 2. The van der Waals surface area contributed by atoms with Crippen LogP contribution in [-0.4, -0.2) is 42.7 Å². The predicted molar refractivity (Wildman–Crippen MR) is 101 cm³/mol. The molecule has 1 aliphatic rings. The van der Waals surface area contributed by atoms with Gasteiger partial charge in [-0.25, -0.2) is 0 Å². The van der Waals surface area contributed by atoms with E-state index in [4.69, 9.17) is 4.74 Å². The molecule has 0 saturated heterocycles. The molecule has 0 bridgehead atoms. The fourth-order valence-electron chi connectivity index (χ4n) is 3.89. The Morgan fingerprint density at radius 1 is 1.19 bits per heavy atom. The van der Waals surface area contributed by atoms with Gasteiger partial charge in [0, 0.05) is 37.8 Å². The van der Waals surface area contributed by atoms with Crippen molar-refractivity contribution in [3.8, 4) is 0 Å². The van der Waals surface area contributed by atoms with Crippen LogP contribution >= 0.6 is 0 Å². The number of hydrogen-bond donors (Lipinski definition) is 2. The number of aromatic nitrogens is 1. The van der Waals surface area contributed by atoms with Crippen molar-refractivity contribution in [2.75, 3.05) is 20.8 Å². The molecule has 0 atom stereocenters. The maximum absolute atomic E-state index is 13.1. The third kappa shape index (κ3) is 3.46. The van der Waals surface area contributed by atoms with Gasteiger partial charge in [0.1, 0.15) is 5.54 Å². The number of nitrogens with zero attached hydrogens (tertiary/aromatic N) is 1. The van der Waals surface area contributed by atoms with E-state index in [-0.39, 0.29) is 11.8 Å². The summed E-state index contributed by atoms with van der Waals surface area (Å²) in [5.74, 6) is -0.295. The number of fused-ring (bicyclic) bond motifs is 1. The van der Waals surface area contributed by atoms with Crippen LogP contribution in [0, 0.1) is 0 Å². The summed E-state index contributed by atoms with van der Waals surface area (Å²) in [6.07, 6.45) is 6.22. The normalized spacial score (nSPS) is 16.4. The Bertz CT molecular complexity index is 791. The molecule has 0 aliphatic heterocycles. The summed E-state index contributed by atoms with van der Waals surface area (Å²) in [7, 11) is 3.29. The van der Waals surface area contributed by atoms with E-state index in [1.165, 1.54) is 0 Å². The number of carbonyl (C=O) groups is 2. The Kier molecular flexibility index (Phi) is 5.61. The second-order valence-electron chi connectivity index (χ2n) is 6.92. The molecule has 2 N–H and O–H groups in total. The molecule has 140 valence electrons. The number of amides is 2. The summed E-state index contributed by atoms with van der Waals surface area (Å²) in [4.78, 5) is 25.6. The molecule has 0 radical (unpaired) electrons. The van der Waals surface area contributed by atoms with Crippen LogP contribution in [0.5, 0.6) is 0 Å². The number of hydrogen-bond acceptors (Lipinski definition) is 3. The van der Waals surface area contributed by atoms with E-state index in [2.05, 4.69) is 10.6 Å². The largest absolute Gasteiger partial charge is 0.383 e. The number of rotatable bonds is 6. The molecule has 1 saturated carbocycles. The van der Waals surface area contributed by atoms with E-state index in [0.717, 1.165) is 30.2 Å². The van der Waals surface area contributed by atoms with Crippen molar-refractivity contribution < 1.29 is 14.3 Å². The smallest absolute Gasteiger partial charge is 0.254 e. The highest BCUT2D eigenvalue weighted by Gasteiger charge is 2.40. The van der Waals surface area contributed by atoms with E-state index >= 15 is 0 Å². The first-order valence-corrected chi connectivity index (χ1v) is 9.23. The fourth-order valence-corrected chi connectivity index (χ4v) is 3.89. The van der Waals surface area contributed by atoms with E-state index in [0.29, 0.717) is 31.6 Å². The average Bonchev–Trinajstić information content (AvgIpc) is 3.05. The minimum Gasteiger partial charge on any atom is -0.383 e. The predicted octanol–water partition coefficient (Wildman–Crippen LogP) is 2.47. The zero-order valence-electron chi connectivity index (χ0n) is 15.5. The maximum Gasteiger partial charge on any atom is 0.254 e. The van der Waals surface area contributed by atoms with Gasteiger partial charge in [0.2, 0.25) is 5.91 Å². The van der Waals surface area contributed by atoms with Gasteiger partial charge in [-0.15, -0.1) is 0 Å². The van der Waals surface area contributed by atoms with Crippen molar-refractivity contribution in [3.05, 3.63) is 36.0 Å². The third-order valence-corrected chi connectivity index (χ3v) is 5.29. The van der Waals surface area contributed by atoms with Crippen molar-refractivity contribution in [1.29, 1.82) is 0 Å². The summed E-state index contributed by atoms with van der Waals surface area (Å²) in [6.45, 7) is 1.24. The number of ether oxygens (including phenoxy) is 1. The lowest BCUT2D eigenvalue weighted by Crippen LogP contribution is -2.59. The molecule has 1 aromatic heterocycles. The standard InChI is InChI=1S/C20H27N3O3/c1-21-19(25)20(10-6-3-7-11-20)22-18(24)16-14-23(12-13-26-2)17-9-5-4-8-15(16)17/h4-5,8-9,14H,3,6-7,10-13H2,1-2H3,(H,21,25)(H,22,24). The van der Waals surface area contributed by atoms with Crippen LogP contribution in [0.2, 0.25) is 0 Å². The zero-order valence-corrected chi connectivity index (χ0v) is 15.5. The lowest BCUT2D eigenvalue weighted by atomic mass is 9.80. The Morgan fingerprint density at radius 2 is 1.92 bits per heavy atom. The van der Waals surface area contributed by atoms with Gasteiger partial charge in [-0.05, 0) is 18.9 Å². The molecule has 1 heterocycles. The highest BCUT2D eigenvalue weighted by Crippen LogP contribution is 2.30. The van der Waals surface area contributed by atoms with Gasteiger partial charge in [0.15, 0.2) is 0 Å². The van der Waals surface area contributed by atoms with Crippen LogP contribution < -0.4 is 10.6 Å². The number of likely N-dealkylation sites (N-methyl/N-ethyl adjacent to an activating group) is 1. The van der Waals surface area contributed by atoms with Crippen molar-refractivity contribution in [2.24, 2.45) is 0 Å². The van der Waals surface area contributed by atoms with E-state index in [1.807, 2.05) is 35.0 Å². The van der Waals surface area contributed by atoms with Crippen LogP contribution in [0.3, 0.4) is 0 Å². The quantitative estimate of drug-likeness (QED) is 0.834. The van der Waals surface area contributed by atoms with Gasteiger partial charge in [0.05, 0.1) is 12.2 Å². The summed E-state index contributed by atoms with van der Waals surface area (Å²) < 4.78 is 7.20. The fraction of sp³-hybridized carbons (Fsp3) is 0.500. The molecule has 2 aromatic rings. The summed E-state index contributed by atoms with van der Waals surface area (Å²) in [5, 5.41) is 6.69. The minimum atomic E-state index is -0.806. The second kappa shape index (κ2) is 7.91. The van der Waals surface area contributed by atoms with Crippen molar-refractivity contribution in [3.63, 3.8) is 0 Å².